The van der Waals surface area contributed by atoms with Crippen LogP contribution in [0, 0.1) is 11.8 Å². The first-order valence-electron chi connectivity index (χ1n) is 8.53. The number of amides is 1. The van der Waals surface area contributed by atoms with Crippen LogP contribution in [0.3, 0.4) is 0 Å². The van der Waals surface area contributed by atoms with E-state index in [1.54, 1.807) is 0 Å². The van der Waals surface area contributed by atoms with Gasteiger partial charge in [-0.25, -0.2) is 0 Å². The average molecular weight is 285 g/mol. The van der Waals surface area contributed by atoms with Gasteiger partial charge in [0, 0.05) is 6.04 Å². The van der Waals surface area contributed by atoms with Crippen LogP contribution >= 0.6 is 0 Å². The zero-order valence-corrected chi connectivity index (χ0v) is 13.3. The quantitative estimate of drug-likeness (QED) is 0.902. The topological polar surface area (TPSA) is 29.1 Å². The van der Waals surface area contributed by atoms with Crippen molar-refractivity contribution in [1.29, 1.82) is 0 Å². The molecule has 0 aliphatic heterocycles. The van der Waals surface area contributed by atoms with Gasteiger partial charge in [-0.2, -0.15) is 0 Å². The van der Waals surface area contributed by atoms with Gasteiger partial charge in [0.05, 0.1) is 6.42 Å². The van der Waals surface area contributed by atoms with E-state index in [1.807, 2.05) is 0 Å². The Morgan fingerprint density at radius 3 is 2.57 bits per heavy atom. The second kappa shape index (κ2) is 6.21. The Kier molecular flexibility index (Phi) is 4.32. The second-order valence-electron chi connectivity index (χ2n) is 7.11. The monoisotopic (exact) mass is 285 g/mol. The van der Waals surface area contributed by atoms with Crippen LogP contribution in [0.1, 0.15) is 56.2 Å². The van der Waals surface area contributed by atoms with Gasteiger partial charge in [-0.1, -0.05) is 38.5 Å². The molecule has 0 heterocycles. The van der Waals surface area contributed by atoms with Crippen molar-refractivity contribution < 1.29 is 4.79 Å². The standard InChI is InChI=1S/C19H27NO/c1-13-5-3-6-14(2)19(13)20-18(21)12-15-9-10-16-7-4-8-17(16)11-15/h9-11,13-14,19H,3-8,12H2,1-2H3,(H,20,21). The van der Waals surface area contributed by atoms with Gasteiger partial charge in [-0.3, -0.25) is 4.79 Å². The fraction of sp³-hybridized carbons (Fsp3) is 0.632. The van der Waals surface area contributed by atoms with E-state index in [-0.39, 0.29) is 5.91 Å². The summed E-state index contributed by atoms with van der Waals surface area (Å²) in [6, 6.07) is 6.96. The van der Waals surface area contributed by atoms with Crippen LogP contribution in [-0.4, -0.2) is 11.9 Å². The molecule has 2 nitrogen and oxygen atoms in total. The SMILES string of the molecule is CC1CCCC(C)C1NC(=O)Cc1ccc2c(c1)CCC2. The molecule has 1 aromatic rings. The molecule has 0 spiro atoms. The van der Waals surface area contributed by atoms with E-state index in [4.69, 9.17) is 0 Å². The number of hydrogen-bond donors (Lipinski definition) is 1. The Balaban J connectivity index is 1.61. The van der Waals surface area contributed by atoms with E-state index in [2.05, 4.69) is 37.4 Å². The van der Waals surface area contributed by atoms with Crippen molar-refractivity contribution in [3.05, 3.63) is 34.9 Å². The Labute approximate surface area is 128 Å². The zero-order chi connectivity index (χ0) is 14.8. The summed E-state index contributed by atoms with van der Waals surface area (Å²) in [5, 5.41) is 3.30. The van der Waals surface area contributed by atoms with Gasteiger partial charge in [0.25, 0.3) is 0 Å². The Morgan fingerprint density at radius 2 is 1.81 bits per heavy atom. The van der Waals surface area contributed by atoms with Crippen LogP contribution in [0.2, 0.25) is 0 Å². The smallest absolute Gasteiger partial charge is 0.224 e. The number of carbonyl (C=O) groups excluding carboxylic acids is 1. The summed E-state index contributed by atoms with van der Waals surface area (Å²) >= 11 is 0. The van der Waals surface area contributed by atoms with Gasteiger partial charge in [0.2, 0.25) is 5.91 Å². The molecule has 114 valence electrons. The number of hydrogen-bond acceptors (Lipinski definition) is 1. The van der Waals surface area contributed by atoms with Gasteiger partial charge in [-0.15, -0.1) is 0 Å². The van der Waals surface area contributed by atoms with Crippen molar-refractivity contribution in [3.63, 3.8) is 0 Å². The molecule has 1 saturated carbocycles. The van der Waals surface area contributed by atoms with Crippen molar-refractivity contribution >= 4 is 5.91 Å². The molecule has 0 radical (unpaired) electrons. The third-order valence-electron chi connectivity index (χ3n) is 5.40. The lowest BCUT2D eigenvalue weighted by atomic mass is 9.78. The lowest BCUT2D eigenvalue weighted by molar-refractivity contribution is -0.122. The third-order valence-corrected chi connectivity index (χ3v) is 5.40. The van der Waals surface area contributed by atoms with Crippen LogP contribution in [0.4, 0.5) is 0 Å². The Hall–Kier alpha value is -1.31. The minimum atomic E-state index is 0.193. The molecule has 2 unspecified atom stereocenters. The van der Waals surface area contributed by atoms with E-state index < -0.39 is 0 Å². The Morgan fingerprint density at radius 1 is 1.10 bits per heavy atom. The molecular formula is C19H27NO. The molecular weight excluding hydrogens is 258 g/mol. The van der Waals surface area contributed by atoms with Crippen molar-refractivity contribution in [2.45, 2.75) is 64.8 Å². The molecule has 0 saturated heterocycles. The maximum Gasteiger partial charge on any atom is 0.224 e. The highest BCUT2D eigenvalue weighted by Gasteiger charge is 2.28. The molecule has 2 aliphatic rings. The van der Waals surface area contributed by atoms with Crippen LogP contribution in [0.25, 0.3) is 0 Å². The summed E-state index contributed by atoms with van der Waals surface area (Å²) in [4.78, 5) is 12.4. The molecule has 0 aromatic heterocycles. The molecule has 1 amide bonds. The predicted octanol–water partition coefficient (Wildman–Crippen LogP) is 3.66. The second-order valence-corrected chi connectivity index (χ2v) is 7.11. The molecule has 3 rings (SSSR count). The maximum absolute atomic E-state index is 12.4. The highest BCUT2D eigenvalue weighted by atomic mass is 16.1. The summed E-state index contributed by atoms with van der Waals surface area (Å²) < 4.78 is 0. The molecule has 1 fully saturated rings. The van der Waals surface area contributed by atoms with Gasteiger partial charge < -0.3 is 5.32 Å². The average Bonchev–Trinajstić information content (AvgIpc) is 2.90. The van der Waals surface area contributed by atoms with Gasteiger partial charge >= 0.3 is 0 Å². The van der Waals surface area contributed by atoms with Crippen molar-refractivity contribution in [2.24, 2.45) is 11.8 Å². The van der Waals surface area contributed by atoms with Crippen LogP contribution in [0.15, 0.2) is 18.2 Å². The van der Waals surface area contributed by atoms with Crippen molar-refractivity contribution in [3.8, 4) is 0 Å². The number of aryl methyl sites for hydroxylation is 2. The molecule has 2 aliphatic carbocycles. The van der Waals surface area contributed by atoms with Crippen molar-refractivity contribution in [2.75, 3.05) is 0 Å². The molecule has 0 bridgehead atoms. The zero-order valence-electron chi connectivity index (χ0n) is 13.3. The number of fused-ring (bicyclic) bond motifs is 1. The summed E-state index contributed by atoms with van der Waals surface area (Å²) in [5.74, 6) is 1.41. The normalized spacial score (nSPS) is 28.2. The first-order valence-corrected chi connectivity index (χ1v) is 8.53. The molecule has 2 heteroatoms. The fourth-order valence-corrected chi connectivity index (χ4v) is 4.12. The highest BCUT2D eigenvalue weighted by Crippen LogP contribution is 2.29. The van der Waals surface area contributed by atoms with E-state index in [1.165, 1.54) is 55.2 Å². The molecule has 1 N–H and O–H groups in total. The third kappa shape index (κ3) is 3.30. The molecule has 21 heavy (non-hydrogen) atoms. The number of rotatable bonds is 3. The fourth-order valence-electron chi connectivity index (χ4n) is 4.12. The summed E-state index contributed by atoms with van der Waals surface area (Å²) in [6.07, 6.45) is 7.98. The first kappa shape index (κ1) is 14.6. The minimum absolute atomic E-state index is 0.193. The van der Waals surface area contributed by atoms with E-state index in [0.29, 0.717) is 24.3 Å². The Bertz CT molecular complexity index is 512. The van der Waals surface area contributed by atoms with Crippen LogP contribution in [-0.2, 0) is 24.1 Å². The van der Waals surface area contributed by atoms with E-state index >= 15 is 0 Å². The number of benzene rings is 1. The number of nitrogens with one attached hydrogen (secondary N) is 1. The minimum Gasteiger partial charge on any atom is -0.353 e. The van der Waals surface area contributed by atoms with Gasteiger partial charge in [0.15, 0.2) is 0 Å². The largest absolute Gasteiger partial charge is 0.353 e. The molecule has 1 aromatic carbocycles. The van der Waals surface area contributed by atoms with Crippen LogP contribution < -0.4 is 5.32 Å². The summed E-state index contributed by atoms with van der Waals surface area (Å²) in [5.41, 5.74) is 4.11. The van der Waals surface area contributed by atoms with E-state index in [9.17, 15) is 4.79 Å². The van der Waals surface area contributed by atoms with E-state index in [0.717, 1.165) is 0 Å². The maximum atomic E-state index is 12.4. The summed E-state index contributed by atoms with van der Waals surface area (Å²) in [6.45, 7) is 4.55. The van der Waals surface area contributed by atoms with Crippen molar-refractivity contribution in [1.82, 2.24) is 5.32 Å². The van der Waals surface area contributed by atoms with Gasteiger partial charge in [-0.05, 0) is 60.6 Å². The number of carbonyl (C=O) groups is 1. The van der Waals surface area contributed by atoms with Gasteiger partial charge in [0.1, 0.15) is 0 Å². The van der Waals surface area contributed by atoms with Crippen LogP contribution in [0.5, 0.6) is 0 Å². The summed E-state index contributed by atoms with van der Waals surface area (Å²) in [7, 11) is 0. The highest BCUT2D eigenvalue weighted by molar-refractivity contribution is 5.79. The first-order chi connectivity index (χ1) is 10.1. The molecule has 2 atom stereocenters. The predicted molar refractivity (Wildman–Crippen MR) is 86.3 cm³/mol. The lowest BCUT2D eigenvalue weighted by Crippen LogP contribution is -2.46. The lowest BCUT2D eigenvalue weighted by Gasteiger charge is -2.35.